The van der Waals surface area contributed by atoms with Gasteiger partial charge in [0.15, 0.2) is 0 Å². The third-order valence-electron chi connectivity index (χ3n) is 2.94. The first-order valence-electron chi connectivity index (χ1n) is 6.63. The van der Waals surface area contributed by atoms with Gasteiger partial charge in [0, 0.05) is 18.8 Å². The number of hydrogen-bond acceptors (Lipinski definition) is 4. The predicted molar refractivity (Wildman–Crippen MR) is 83.3 cm³/mol. The minimum Gasteiger partial charge on any atom is -0.497 e. The number of nitrogens with zero attached hydrogens (tertiary/aromatic N) is 1. The third kappa shape index (κ3) is 4.13. The Bertz CT molecular complexity index is 628. The van der Waals surface area contributed by atoms with Gasteiger partial charge in [-0.25, -0.2) is 9.86 Å². The molecule has 0 unspecified atom stereocenters. The van der Waals surface area contributed by atoms with Crippen molar-refractivity contribution in [3.05, 3.63) is 48.5 Å². The van der Waals surface area contributed by atoms with Crippen LogP contribution in [0.15, 0.2) is 48.5 Å². The van der Waals surface area contributed by atoms with Crippen molar-refractivity contribution in [2.75, 3.05) is 26.6 Å². The summed E-state index contributed by atoms with van der Waals surface area (Å²) < 4.78 is 10.9. The van der Waals surface area contributed by atoms with Gasteiger partial charge in [-0.05, 0) is 36.4 Å². The predicted octanol–water partition coefficient (Wildman–Crippen LogP) is 3.51. The number of urea groups is 1. The molecule has 0 atom stereocenters. The largest absolute Gasteiger partial charge is 0.497 e. The van der Waals surface area contributed by atoms with E-state index in [1.54, 1.807) is 37.4 Å². The summed E-state index contributed by atoms with van der Waals surface area (Å²) in [4.78, 5) is 16.4. The summed E-state index contributed by atoms with van der Waals surface area (Å²) in [7, 11) is 4.55. The minimum absolute atomic E-state index is 0.357. The molecule has 0 aliphatic carbocycles. The van der Waals surface area contributed by atoms with E-state index < -0.39 is 0 Å². The molecule has 2 aromatic carbocycles. The first-order chi connectivity index (χ1) is 10.6. The Morgan fingerprint density at radius 2 is 1.68 bits per heavy atom. The molecule has 0 saturated heterocycles. The Kier molecular flexibility index (Phi) is 5.21. The van der Waals surface area contributed by atoms with Gasteiger partial charge in [0.05, 0.1) is 14.2 Å². The molecule has 0 heterocycles. The zero-order valence-corrected chi connectivity index (χ0v) is 12.7. The summed E-state index contributed by atoms with van der Waals surface area (Å²) in [6.07, 6.45) is 0. The lowest BCUT2D eigenvalue weighted by Crippen LogP contribution is -2.30. The summed E-state index contributed by atoms with van der Waals surface area (Å²) in [5, 5.41) is 3.79. The molecule has 0 radical (unpaired) electrons. The number of anilines is 1. The van der Waals surface area contributed by atoms with Crippen molar-refractivity contribution in [3.8, 4) is 17.2 Å². The number of hydrogen-bond donors (Lipinski definition) is 1. The Morgan fingerprint density at radius 3 is 2.32 bits per heavy atom. The van der Waals surface area contributed by atoms with Crippen LogP contribution in [0.2, 0.25) is 0 Å². The van der Waals surface area contributed by atoms with E-state index >= 15 is 0 Å². The molecule has 0 aliphatic rings. The Morgan fingerprint density at radius 1 is 1.00 bits per heavy atom. The average Bonchev–Trinajstić information content (AvgIpc) is 2.56. The molecule has 0 fully saturated rings. The standard InChI is InChI=1S/C16H18N2O4/c1-18(21-3)16(19)17-12-7-9-13(10-8-12)22-15-6-4-5-14(11-15)20-2/h4-11H,1-3H3,(H,17,19). The molecule has 6 nitrogen and oxygen atoms in total. The molecule has 0 saturated carbocycles. The molecule has 6 heteroatoms. The topological polar surface area (TPSA) is 60.0 Å². The number of ether oxygens (including phenoxy) is 2. The van der Waals surface area contributed by atoms with Crippen molar-refractivity contribution in [2.24, 2.45) is 0 Å². The van der Waals surface area contributed by atoms with E-state index in [2.05, 4.69) is 5.32 Å². The molecule has 22 heavy (non-hydrogen) atoms. The number of amides is 2. The molecule has 0 spiro atoms. The van der Waals surface area contributed by atoms with Gasteiger partial charge >= 0.3 is 6.03 Å². The lowest BCUT2D eigenvalue weighted by molar-refractivity contribution is -0.0598. The van der Waals surface area contributed by atoms with Gasteiger partial charge in [0.2, 0.25) is 0 Å². The number of nitrogens with one attached hydrogen (secondary N) is 1. The monoisotopic (exact) mass is 302 g/mol. The van der Waals surface area contributed by atoms with Gasteiger partial charge in [-0.3, -0.25) is 4.84 Å². The number of carbonyl (C=O) groups is 1. The van der Waals surface area contributed by atoms with Crippen molar-refractivity contribution in [1.82, 2.24) is 5.06 Å². The second kappa shape index (κ2) is 7.33. The van der Waals surface area contributed by atoms with Crippen LogP contribution in [-0.2, 0) is 4.84 Å². The fourth-order valence-electron chi connectivity index (χ4n) is 1.69. The van der Waals surface area contributed by atoms with Gasteiger partial charge in [0.25, 0.3) is 0 Å². The minimum atomic E-state index is -0.357. The van der Waals surface area contributed by atoms with Crippen molar-refractivity contribution in [3.63, 3.8) is 0 Å². The second-order valence-electron chi connectivity index (χ2n) is 4.42. The van der Waals surface area contributed by atoms with Gasteiger partial charge in [0.1, 0.15) is 17.2 Å². The van der Waals surface area contributed by atoms with Crippen LogP contribution in [0.3, 0.4) is 0 Å². The lowest BCUT2D eigenvalue weighted by Gasteiger charge is -2.14. The van der Waals surface area contributed by atoms with E-state index in [0.717, 1.165) is 10.8 Å². The summed E-state index contributed by atoms with van der Waals surface area (Å²) in [5.41, 5.74) is 0.645. The normalized spacial score (nSPS) is 9.95. The highest BCUT2D eigenvalue weighted by molar-refractivity contribution is 5.88. The van der Waals surface area contributed by atoms with Crippen LogP contribution in [0.4, 0.5) is 10.5 Å². The Hall–Kier alpha value is -2.73. The summed E-state index contributed by atoms with van der Waals surface area (Å²) in [6, 6.07) is 14.0. The highest BCUT2D eigenvalue weighted by atomic mass is 16.7. The van der Waals surface area contributed by atoms with E-state index in [4.69, 9.17) is 14.3 Å². The van der Waals surface area contributed by atoms with Crippen LogP contribution in [0.25, 0.3) is 0 Å². The fraction of sp³-hybridized carbons (Fsp3) is 0.188. The molecular formula is C16H18N2O4. The molecule has 0 bridgehead atoms. The van der Waals surface area contributed by atoms with E-state index in [0.29, 0.717) is 17.2 Å². The van der Waals surface area contributed by atoms with Crippen LogP contribution in [0.5, 0.6) is 17.2 Å². The van der Waals surface area contributed by atoms with Crippen molar-refractivity contribution in [2.45, 2.75) is 0 Å². The molecule has 0 aliphatic heterocycles. The number of benzene rings is 2. The van der Waals surface area contributed by atoms with Crippen LogP contribution in [-0.4, -0.2) is 32.4 Å². The van der Waals surface area contributed by atoms with Crippen molar-refractivity contribution < 1.29 is 19.1 Å². The van der Waals surface area contributed by atoms with E-state index in [-0.39, 0.29) is 6.03 Å². The quantitative estimate of drug-likeness (QED) is 0.859. The summed E-state index contributed by atoms with van der Waals surface area (Å²) in [5.74, 6) is 2.06. The second-order valence-corrected chi connectivity index (χ2v) is 4.42. The fourth-order valence-corrected chi connectivity index (χ4v) is 1.69. The number of methoxy groups -OCH3 is 1. The maximum absolute atomic E-state index is 11.6. The summed E-state index contributed by atoms with van der Waals surface area (Å²) in [6.45, 7) is 0. The van der Waals surface area contributed by atoms with Crippen molar-refractivity contribution in [1.29, 1.82) is 0 Å². The highest BCUT2D eigenvalue weighted by Crippen LogP contribution is 2.26. The smallest absolute Gasteiger partial charge is 0.345 e. The van der Waals surface area contributed by atoms with Crippen LogP contribution in [0, 0.1) is 0 Å². The Balaban J connectivity index is 2.01. The maximum atomic E-state index is 11.6. The van der Waals surface area contributed by atoms with Gasteiger partial charge < -0.3 is 14.8 Å². The summed E-state index contributed by atoms with van der Waals surface area (Å²) >= 11 is 0. The number of carbonyl (C=O) groups excluding carboxylic acids is 1. The molecule has 2 amide bonds. The van der Waals surface area contributed by atoms with E-state index in [1.165, 1.54) is 14.2 Å². The molecule has 2 aromatic rings. The number of hydroxylamine groups is 2. The van der Waals surface area contributed by atoms with Gasteiger partial charge in [-0.1, -0.05) is 6.07 Å². The molecular weight excluding hydrogens is 284 g/mol. The third-order valence-corrected chi connectivity index (χ3v) is 2.94. The average molecular weight is 302 g/mol. The van der Waals surface area contributed by atoms with Gasteiger partial charge in [-0.2, -0.15) is 0 Å². The molecule has 2 rings (SSSR count). The molecule has 116 valence electrons. The van der Waals surface area contributed by atoms with Crippen molar-refractivity contribution >= 4 is 11.7 Å². The molecule has 0 aromatic heterocycles. The van der Waals surface area contributed by atoms with Crippen LogP contribution >= 0.6 is 0 Å². The maximum Gasteiger partial charge on any atom is 0.345 e. The van der Waals surface area contributed by atoms with E-state index in [1.807, 2.05) is 18.2 Å². The first-order valence-corrected chi connectivity index (χ1v) is 6.63. The van der Waals surface area contributed by atoms with Crippen LogP contribution in [0.1, 0.15) is 0 Å². The first kappa shape index (κ1) is 15.7. The molecule has 1 N–H and O–H groups in total. The Labute approximate surface area is 129 Å². The number of rotatable bonds is 5. The van der Waals surface area contributed by atoms with Crippen LogP contribution < -0.4 is 14.8 Å². The SMILES string of the molecule is COc1cccc(Oc2ccc(NC(=O)N(C)OC)cc2)c1. The zero-order valence-electron chi connectivity index (χ0n) is 12.7. The van der Waals surface area contributed by atoms with E-state index in [9.17, 15) is 4.79 Å². The zero-order chi connectivity index (χ0) is 15.9. The lowest BCUT2D eigenvalue weighted by atomic mass is 10.3. The highest BCUT2D eigenvalue weighted by Gasteiger charge is 2.07. The van der Waals surface area contributed by atoms with Gasteiger partial charge in [-0.15, -0.1) is 0 Å².